The number of fused-ring (bicyclic) bond motifs is 1. The maximum Gasteiger partial charge on any atom is 0.255 e. The molecule has 3 aromatic rings. The molecule has 0 aliphatic carbocycles. The molecule has 24 heavy (non-hydrogen) atoms. The molecule has 0 saturated carbocycles. The third kappa shape index (κ3) is 3.15. The summed E-state index contributed by atoms with van der Waals surface area (Å²) < 4.78 is 24.7. The van der Waals surface area contributed by atoms with E-state index in [1.165, 1.54) is 23.5 Å². The Labute approximate surface area is 148 Å². The van der Waals surface area contributed by atoms with Crippen LogP contribution in [0.1, 0.15) is 17.3 Å². The van der Waals surface area contributed by atoms with Gasteiger partial charge in [-0.2, -0.15) is 0 Å². The van der Waals surface area contributed by atoms with Crippen LogP contribution in [0.3, 0.4) is 0 Å². The first-order chi connectivity index (χ1) is 11.4. The molecule has 1 amide bonds. The molecular formula is C16H13ClN2O3S2. The molecule has 0 bridgehead atoms. The molecule has 124 valence electrons. The molecule has 0 unspecified atom stereocenters. The SMILES string of the molecule is CCS(=O)(=O)c1cccc(C(=O)Nc2ccc(Cl)c3ncsc23)c1. The van der Waals surface area contributed by atoms with Crippen LogP contribution in [0.15, 0.2) is 46.8 Å². The Morgan fingerprint density at radius 2 is 2.08 bits per heavy atom. The van der Waals surface area contributed by atoms with Crippen molar-refractivity contribution in [3.8, 4) is 0 Å². The zero-order valence-electron chi connectivity index (χ0n) is 12.6. The van der Waals surface area contributed by atoms with Gasteiger partial charge in [0.2, 0.25) is 0 Å². The maximum atomic E-state index is 12.5. The van der Waals surface area contributed by atoms with Gasteiger partial charge >= 0.3 is 0 Å². The minimum atomic E-state index is -3.36. The van der Waals surface area contributed by atoms with Crippen LogP contribution in [-0.4, -0.2) is 25.1 Å². The topological polar surface area (TPSA) is 76.1 Å². The molecule has 5 nitrogen and oxygen atoms in total. The van der Waals surface area contributed by atoms with E-state index in [1.54, 1.807) is 36.7 Å². The second kappa shape index (κ2) is 6.51. The first-order valence-electron chi connectivity index (χ1n) is 7.08. The molecule has 0 fully saturated rings. The van der Waals surface area contributed by atoms with Gasteiger partial charge in [-0.3, -0.25) is 4.79 Å². The molecule has 1 aromatic heterocycles. The van der Waals surface area contributed by atoms with E-state index in [4.69, 9.17) is 11.6 Å². The van der Waals surface area contributed by atoms with Crippen molar-refractivity contribution in [2.75, 3.05) is 11.1 Å². The van der Waals surface area contributed by atoms with Crippen LogP contribution in [0.5, 0.6) is 0 Å². The van der Waals surface area contributed by atoms with Gasteiger partial charge in [-0.05, 0) is 30.3 Å². The highest BCUT2D eigenvalue weighted by atomic mass is 35.5. The second-order valence-electron chi connectivity index (χ2n) is 5.01. The van der Waals surface area contributed by atoms with Crippen molar-refractivity contribution < 1.29 is 13.2 Å². The number of anilines is 1. The molecule has 0 radical (unpaired) electrons. The minimum absolute atomic E-state index is 0.0171. The van der Waals surface area contributed by atoms with Crippen molar-refractivity contribution in [1.82, 2.24) is 4.98 Å². The lowest BCUT2D eigenvalue weighted by atomic mass is 10.2. The highest BCUT2D eigenvalue weighted by Crippen LogP contribution is 2.32. The molecule has 1 heterocycles. The van der Waals surface area contributed by atoms with Crippen LogP contribution in [-0.2, 0) is 9.84 Å². The van der Waals surface area contributed by atoms with Crippen LogP contribution >= 0.6 is 22.9 Å². The number of amides is 1. The number of nitrogens with one attached hydrogen (secondary N) is 1. The molecule has 0 aliphatic heterocycles. The molecule has 0 saturated heterocycles. The Morgan fingerprint density at radius 3 is 2.83 bits per heavy atom. The maximum absolute atomic E-state index is 12.5. The number of halogens is 1. The number of carbonyl (C=O) groups excluding carboxylic acids is 1. The lowest BCUT2D eigenvalue weighted by molar-refractivity contribution is 0.102. The number of benzene rings is 2. The molecule has 2 aromatic carbocycles. The van der Waals surface area contributed by atoms with Crippen molar-refractivity contribution >= 4 is 54.6 Å². The van der Waals surface area contributed by atoms with Crippen molar-refractivity contribution in [3.05, 3.63) is 52.5 Å². The highest BCUT2D eigenvalue weighted by Gasteiger charge is 2.16. The van der Waals surface area contributed by atoms with E-state index in [9.17, 15) is 13.2 Å². The fourth-order valence-corrected chi connectivity index (χ4v) is 4.18. The van der Waals surface area contributed by atoms with Crippen LogP contribution in [0.2, 0.25) is 5.02 Å². The number of rotatable bonds is 4. The van der Waals surface area contributed by atoms with E-state index in [-0.39, 0.29) is 22.1 Å². The summed E-state index contributed by atoms with van der Waals surface area (Å²) in [6.45, 7) is 1.57. The number of hydrogen-bond acceptors (Lipinski definition) is 5. The van der Waals surface area contributed by atoms with E-state index >= 15 is 0 Å². The second-order valence-corrected chi connectivity index (χ2v) is 8.55. The molecule has 0 atom stereocenters. The smallest absolute Gasteiger partial charge is 0.255 e. The largest absolute Gasteiger partial charge is 0.321 e. The number of aromatic nitrogens is 1. The third-order valence-electron chi connectivity index (χ3n) is 3.52. The molecule has 0 spiro atoms. The number of sulfone groups is 1. The monoisotopic (exact) mass is 380 g/mol. The highest BCUT2D eigenvalue weighted by molar-refractivity contribution is 7.91. The van der Waals surface area contributed by atoms with Crippen molar-refractivity contribution in [2.45, 2.75) is 11.8 Å². The van der Waals surface area contributed by atoms with Gasteiger partial charge in [-0.1, -0.05) is 24.6 Å². The standard InChI is InChI=1S/C16H13ClN2O3S2/c1-2-24(21,22)11-5-3-4-10(8-11)16(20)19-13-7-6-12(17)14-15(13)23-9-18-14/h3-9H,2H2,1H3,(H,19,20). The lowest BCUT2D eigenvalue weighted by Crippen LogP contribution is -2.13. The van der Waals surface area contributed by atoms with Gasteiger partial charge in [0.25, 0.3) is 5.91 Å². The molecule has 3 rings (SSSR count). The summed E-state index contributed by atoms with van der Waals surface area (Å²) in [6.07, 6.45) is 0. The van der Waals surface area contributed by atoms with Crippen molar-refractivity contribution in [3.63, 3.8) is 0 Å². The van der Waals surface area contributed by atoms with E-state index < -0.39 is 9.84 Å². The van der Waals surface area contributed by atoms with Gasteiger partial charge in [-0.15, -0.1) is 11.3 Å². The quantitative estimate of drug-likeness (QED) is 0.742. The van der Waals surface area contributed by atoms with Crippen molar-refractivity contribution in [2.24, 2.45) is 0 Å². The molecule has 8 heteroatoms. The van der Waals surface area contributed by atoms with E-state index in [0.29, 0.717) is 16.2 Å². The zero-order valence-corrected chi connectivity index (χ0v) is 15.0. The third-order valence-corrected chi connectivity index (χ3v) is 6.42. The zero-order chi connectivity index (χ0) is 17.3. The van der Waals surface area contributed by atoms with E-state index in [0.717, 1.165) is 4.70 Å². The first-order valence-corrected chi connectivity index (χ1v) is 9.99. The van der Waals surface area contributed by atoms with Gasteiger partial charge in [0.15, 0.2) is 9.84 Å². The average Bonchev–Trinajstić information content (AvgIpc) is 3.08. The minimum Gasteiger partial charge on any atom is -0.321 e. The Kier molecular flexibility index (Phi) is 4.58. The van der Waals surface area contributed by atoms with Gasteiger partial charge in [0.1, 0.15) is 5.52 Å². The summed E-state index contributed by atoms with van der Waals surface area (Å²) in [5.41, 5.74) is 3.14. The van der Waals surface area contributed by atoms with E-state index in [2.05, 4.69) is 10.3 Å². The molecule has 0 aliphatic rings. The number of nitrogens with zero attached hydrogens (tertiary/aromatic N) is 1. The van der Waals surface area contributed by atoms with Gasteiger partial charge in [0, 0.05) is 5.56 Å². The van der Waals surface area contributed by atoms with Crippen LogP contribution in [0.4, 0.5) is 5.69 Å². The van der Waals surface area contributed by atoms with E-state index in [1.807, 2.05) is 0 Å². The van der Waals surface area contributed by atoms with Gasteiger partial charge in [0.05, 0.1) is 31.6 Å². The van der Waals surface area contributed by atoms with Crippen molar-refractivity contribution in [1.29, 1.82) is 0 Å². The summed E-state index contributed by atoms with van der Waals surface area (Å²) >= 11 is 7.45. The number of thiazole rings is 1. The van der Waals surface area contributed by atoms with Crippen LogP contribution in [0.25, 0.3) is 10.2 Å². The predicted molar refractivity (Wildman–Crippen MR) is 96.8 cm³/mol. The first kappa shape index (κ1) is 16.9. The van der Waals surface area contributed by atoms with Crippen LogP contribution in [0, 0.1) is 0 Å². The average molecular weight is 381 g/mol. The normalized spacial score (nSPS) is 11.6. The molecular weight excluding hydrogens is 368 g/mol. The number of hydrogen-bond donors (Lipinski definition) is 1. The molecule has 1 N–H and O–H groups in total. The fourth-order valence-electron chi connectivity index (χ4n) is 2.21. The summed E-state index contributed by atoms with van der Waals surface area (Å²) in [4.78, 5) is 16.8. The Balaban J connectivity index is 1.94. The van der Waals surface area contributed by atoms with Crippen LogP contribution < -0.4 is 5.32 Å². The summed E-state index contributed by atoms with van der Waals surface area (Å²) in [5.74, 6) is -0.406. The summed E-state index contributed by atoms with van der Waals surface area (Å²) in [7, 11) is -3.36. The van der Waals surface area contributed by atoms with Gasteiger partial charge < -0.3 is 5.32 Å². The Hall–Kier alpha value is -1.96. The predicted octanol–water partition coefficient (Wildman–Crippen LogP) is 4.00. The number of carbonyl (C=O) groups is 1. The van der Waals surface area contributed by atoms with Gasteiger partial charge in [-0.25, -0.2) is 13.4 Å². The fraction of sp³-hybridized carbons (Fsp3) is 0.125. The Bertz CT molecular complexity index is 1030. The summed E-state index contributed by atoms with van der Waals surface area (Å²) in [5, 5.41) is 3.30. The Morgan fingerprint density at radius 1 is 1.29 bits per heavy atom. The summed E-state index contributed by atoms with van der Waals surface area (Å²) in [6, 6.07) is 9.36. The lowest BCUT2D eigenvalue weighted by Gasteiger charge is -2.08.